The number of hydrogen-bond donors (Lipinski definition) is 2. The van der Waals surface area contributed by atoms with Crippen molar-refractivity contribution in [1.29, 1.82) is 0 Å². The summed E-state index contributed by atoms with van der Waals surface area (Å²) in [5, 5.41) is 10.2. The highest BCUT2D eigenvalue weighted by molar-refractivity contribution is 7.88. The molecule has 0 saturated carbocycles. The molecule has 0 aromatic heterocycles. The summed E-state index contributed by atoms with van der Waals surface area (Å²) in [7, 11) is -3.42. The van der Waals surface area contributed by atoms with E-state index in [-0.39, 0.29) is 12.3 Å². The summed E-state index contributed by atoms with van der Waals surface area (Å²) in [4.78, 5) is 2.29. The molecule has 0 radical (unpaired) electrons. The van der Waals surface area contributed by atoms with Crippen LogP contribution in [-0.4, -0.2) is 50.2 Å². The summed E-state index contributed by atoms with van der Waals surface area (Å²) in [5.41, 5.74) is 0.747. The number of aliphatic hydroxyl groups excluding tert-OH is 1. The Balaban J connectivity index is 1.80. The second kappa shape index (κ2) is 8.78. The fraction of sp³-hybridized carbons (Fsp3) is 0.647. The van der Waals surface area contributed by atoms with Crippen LogP contribution < -0.4 is 4.72 Å². The standard InChI is InChI=1S/C17H28N2O3S/c1-2-16-10-6-7-11-19(16)13-17(20)12-18-23(21,22)14-15-8-4-3-5-9-15/h3-5,8-9,16-18,20H,2,6-7,10-14H2,1H3. The van der Waals surface area contributed by atoms with E-state index in [9.17, 15) is 13.5 Å². The predicted octanol–water partition coefficient (Wildman–Crippen LogP) is 1.73. The van der Waals surface area contributed by atoms with Gasteiger partial charge in [0.15, 0.2) is 0 Å². The van der Waals surface area contributed by atoms with Crippen LogP contribution in [0.3, 0.4) is 0 Å². The smallest absolute Gasteiger partial charge is 0.215 e. The van der Waals surface area contributed by atoms with Gasteiger partial charge < -0.3 is 5.11 Å². The van der Waals surface area contributed by atoms with Crippen molar-refractivity contribution in [2.24, 2.45) is 0 Å². The van der Waals surface area contributed by atoms with Crippen molar-refractivity contribution in [3.63, 3.8) is 0 Å². The molecule has 130 valence electrons. The zero-order valence-electron chi connectivity index (χ0n) is 13.8. The van der Waals surface area contributed by atoms with Gasteiger partial charge in [0.1, 0.15) is 0 Å². The first-order valence-electron chi connectivity index (χ1n) is 8.43. The molecule has 2 unspecified atom stereocenters. The van der Waals surface area contributed by atoms with Gasteiger partial charge in [0.05, 0.1) is 11.9 Å². The van der Waals surface area contributed by atoms with E-state index in [4.69, 9.17) is 0 Å². The van der Waals surface area contributed by atoms with E-state index in [1.54, 1.807) is 12.1 Å². The number of aliphatic hydroxyl groups is 1. The van der Waals surface area contributed by atoms with Crippen molar-refractivity contribution in [1.82, 2.24) is 9.62 Å². The van der Waals surface area contributed by atoms with Crippen LogP contribution in [0.15, 0.2) is 30.3 Å². The second-order valence-electron chi connectivity index (χ2n) is 6.30. The summed E-state index contributed by atoms with van der Waals surface area (Å²) < 4.78 is 26.7. The minimum absolute atomic E-state index is 0.0537. The number of sulfonamides is 1. The Kier molecular flexibility index (Phi) is 7.02. The molecule has 2 atom stereocenters. The van der Waals surface area contributed by atoms with Crippen LogP contribution >= 0.6 is 0 Å². The maximum atomic E-state index is 12.1. The monoisotopic (exact) mass is 340 g/mol. The van der Waals surface area contributed by atoms with E-state index in [1.807, 2.05) is 18.2 Å². The van der Waals surface area contributed by atoms with E-state index >= 15 is 0 Å². The molecule has 0 bridgehead atoms. The van der Waals surface area contributed by atoms with Gasteiger partial charge >= 0.3 is 0 Å². The van der Waals surface area contributed by atoms with Gasteiger partial charge in [0, 0.05) is 19.1 Å². The van der Waals surface area contributed by atoms with Crippen LogP contribution in [0.2, 0.25) is 0 Å². The molecule has 1 saturated heterocycles. The fourth-order valence-corrected chi connectivity index (χ4v) is 4.35. The molecule has 0 aliphatic carbocycles. The van der Waals surface area contributed by atoms with Gasteiger partial charge in [0.25, 0.3) is 0 Å². The Hall–Kier alpha value is -0.950. The van der Waals surface area contributed by atoms with E-state index in [0.29, 0.717) is 12.6 Å². The molecule has 6 heteroatoms. The molecular weight excluding hydrogens is 312 g/mol. The Morgan fingerprint density at radius 1 is 1.30 bits per heavy atom. The predicted molar refractivity (Wildman–Crippen MR) is 92.6 cm³/mol. The third-order valence-corrected chi connectivity index (χ3v) is 5.72. The molecule has 2 rings (SSSR count). The molecule has 1 heterocycles. The minimum Gasteiger partial charge on any atom is -0.390 e. The first kappa shape index (κ1) is 18.4. The minimum atomic E-state index is -3.42. The van der Waals surface area contributed by atoms with Gasteiger partial charge in [-0.2, -0.15) is 0 Å². The van der Waals surface area contributed by atoms with Crippen LogP contribution in [-0.2, 0) is 15.8 Å². The zero-order chi connectivity index (χ0) is 16.7. The van der Waals surface area contributed by atoms with E-state index < -0.39 is 16.1 Å². The number of hydrogen-bond acceptors (Lipinski definition) is 4. The number of nitrogens with zero attached hydrogens (tertiary/aromatic N) is 1. The molecule has 2 N–H and O–H groups in total. The maximum absolute atomic E-state index is 12.1. The Labute approximate surface area is 139 Å². The molecule has 5 nitrogen and oxygen atoms in total. The van der Waals surface area contributed by atoms with Crippen LogP contribution in [0, 0.1) is 0 Å². The molecular formula is C17H28N2O3S. The van der Waals surface area contributed by atoms with Gasteiger partial charge in [-0.1, -0.05) is 43.7 Å². The lowest BCUT2D eigenvalue weighted by Gasteiger charge is -2.36. The molecule has 1 aromatic rings. The van der Waals surface area contributed by atoms with E-state index in [0.717, 1.165) is 24.9 Å². The molecule has 0 amide bonds. The SMILES string of the molecule is CCC1CCCCN1CC(O)CNS(=O)(=O)Cc1ccccc1. The quantitative estimate of drug-likeness (QED) is 0.756. The number of β-amino-alcohol motifs (C(OH)–C–C–N with tert-alkyl or cyclic N) is 1. The van der Waals surface area contributed by atoms with Crippen molar-refractivity contribution in [2.45, 2.75) is 50.5 Å². The maximum Gasteiger partial charge on any atom is 0.215 e. The Bertz CT molecular complexity index is 562. The normalized spacial score (nSPS) is 21.2. The summed E-state index contributed by atoms with van der Waals surface area (Å²) in [6.07, 6.45) is 3.97. The highest BCUT2D eigenvalue weighted by Crippen LogP contribution is 2.19. The fourth-order valence-electron chi connectivity index (χ4n) is 3.17. The third-order valence-electron chi connectivity index (χ3n) is 4.40. The second-order valence-corrected chi connectivity index (χ2v) is 8.11. The van der Waals surface area contributed by atoms with Crippen LogP contribution in [0.1, 0.15) is 38.2 Å². The van der Waals surface area contributed by atoms with Gasteiger partial charge in [-0.3, -0.25) is 4.90 Å². The number of piperidine rings is 1. The third kappa shape index (κ3) is 6.22. The van der Waals surface area contributed by atoms with Crippen molar-refractivity contribution in [2.75, 3.05) is 19.6 Å². The zero-order valence-corrected chi connectivity index (χ0v) is 14.6. The highest BCUT2D eigenvalue weighted by atomic mass is 32.2. The molecule has 1 aliphatic rings. The molecule has 23 heavy (non-hydrogen) atoms. The van der Waals surface area contributed by atoms with E-state index in [2.05, 4.69) is 16.5 Å². The van der Waals surface area contributed by atoms with Crippen molar-refractivity contribution in [3.05, 3.63) is 35.9 Å². The molecule has 1 aromatic carbocycles. The average Bonchev–Trinajstić information content (AvgIpc) is 2.54. The lowest BCUT2D eigenvalue weighted by molar-refractivity contribution is 0.0683. The summed E-state index contributed by atoms with van der Waals surface area (Å²) in [6, 6.07) is 9.59. The number of benzene rings is 1. The number of rotatable bonds is 8. The van der Waals surface area contributed by atoms with Gasteiger partial charge in [-0.05, 0) is 31.4 Å². The number of nitrogens with one attached hydrogen (secondary N) is 1. The largest absolute Gasteiger partial charge is 0.390 e. The van der Waals surface area contributed by atoms with Crippen LogP contribution in [0.5, 0.6) is 0 Å². The summed E-state index contributed by atoms with van der Waals surface area (Å²) >= 11 is 0. The van der Waals surface area contributed by atoms with Crippen molar-refractivity contribution >= 4 is 10.0 Å². The lowest BCUT2D eigenvalue weighted by atomic mass is 9.99. The first-order chi connectivity index (χ1) is 11.0. The van der Waals surface area contributed by atoms with Crippen molar-refractivity contribution < 1.29 is 13.5 Å². The van der Waals surface area contributed by atoms with Crippen LogP contribution in [0.4, 0.5) is 0 Å². The Morgan fingerprint density at radius 3 is 2.74 bits per heavy atom. The highest BCUT2D eigenvalue weighted by Gasteiger charge is 2.23. The topological polar surface area (TPSA) is 69.6 Å². The number of likely N-dealkylation sites (tertiary alicyclic amines) is 1. The van der Waals surface area contributed by atoms with Crippen molar-refractivity contribution in [3.8, 4) is 0 Å². The first-order valence-corrected chi connectivity index (χ1v) is 10.1. The van der Waals surface area contributed by atoms with Gasteiger partial charge in [-0.15, -0.1) is 0 Å². The Morgan fingerprint density at radius 2 is 2.04 bits per heavy atom. The molecule has 1 aliphatic heterocycles. The van der Waals surface area contributed by atoms with Crippen LogP contribution in [0.25, 0.3) is 0 Å². The summed E-state index contributed by atoms with van der Waals surface area (Å²) in [5.74, 6) is -0.0537. The van der Waals surface area contributed by atoms with Gasteiger partial charge in [-0.25, -0.2) is 13.1 Å². The average molecular weight is 340 g/mol. The molecule has 1 fully saturated rings. The van der Waals surface area contributed by atoms with E-state index in [1.165, 1.54) is 12.8 Å². The van der Waals surface area contributed by atoms with Gasteiger partial charge in [0.2, 0.25) is 10.0 Å². The summed E-state index contributed by atoms with van der Waals surface area (Å²) in [6.45, 7) is 3.76. The molecule has 0 spiro atoms. The lowest BCUT2D eigenvalue weighted by Crippen LogP contribution is -2.46.